The zero-order valence-corrected chi connectivity index (χ0v) is 26.5. The molecule has 6 aromatic rings. The third-order valence-electron chi connectivity index (χ3n) is 8.58. The van der Waals surface area contributed by atoms with Gasteiger partial charge in [-0.25, -0.2) is 4.21 Å². The zero-order chi connectivity index (χ0) is 30.1. The Labute approximate surface area is 256 Å². The standard InChI is InChI=1S/C40H37NOS/c1-39(2,3)34-22-23-35(40(4,5)6)41(34)38-31-19-13-11-17-28(31)25-29-24-27-16-10-12-18-30(27)37(36(29)38)33-21-20-32(43(33)42)26-14-8-7-9-15-26/h7-25H,1-6H3. The van der Waals surface area contributed by atoms with Crippen LogP contribution in [0.25, 0.3) is 47.8 Å². The Balaban J connectivity index is 1.66. The van der Waals surface area contributed by atoms with E-state index in [9.17, 15) is 4.21 Å². The molecule has 7 rings (SSSR count). The van der Waals surface area contributed by atoms with Crippen LogP contribution in [0.15, 0.2) is 115 Å². The van der Waals surface area contributed by atoms with Crippen LogP contribution in [0.1, 0.15) is 64.1 Å². The molecule has 43 heavy (non-hydrogen) atoms. The van der Waals surface area contributed by atoms with Crippen molar-refractivity contribution in [3.05, 3.63) is 138 Å². The molecule has 1 aliphatic heterocycles. The SMILES string of the molecule is CC(C)(C)c1ccc(C(C)(C)C)n1-c1c2ccccc2cc2cc3ccccc3c(C3=CC=C(c4ccccc4)S3=O)c12. The van der Waals surface area contributed by atoms with Gasteiger partial charge in [-0.2, -0.15) is 0 Å². The van der Waals surface area contributed by atoms with Gasteiger partial charge in [-0.05, 0) is 63.5 Å². The van der Waals surface area contributed by atoms with Gasteiger partial charge in [0, 0.05) is 38.6 Å². The Kier molecular flexibility index (Phi) is 6.37. The van der Waals surface area contributed by atoms with Gasteiger partial charge in [0.05, 0.1) is 26.3 Å². The summed E-state index contributed by atoms with van der Waals surface area (Å²) in [5.41, 5.74) is 5.56. The van der Waals surface area contributed by atoms with Crippen LogP contribution in [0.3, 0.4) is 0 Å². The normalized spacial score (nSPS) is 15.8. The summed E-state index contributed by atoms with van der Waals surface area (Å²) >= 11 is 0. The van der Waals surface area contributed by atoms with Crippen LogP contribution in [-0.2, 0) is 21.6 Å². The molecule has 0 radical (unpaired) electrons. The van der Waals surface area contributed by atoms with E-state index in [2.05, 4.69) is 125 Å². The topological polar surface area (TPSA) is 22.0 Å². The number of rotatable bonds is 3. The van der Waals surface area contributed by atoms with E-state index in [1.165, 1.54) is 27.8 Å². The van der Waals surface area contributed by atoms with E-state index in [0.29, 0.717) is 0 Å². The van der Waals surface area contributed by atoms with Crippen LogP contribution >= 0.6 is 0 Å². The average molecular weight is 580 g/mol. The lowest BCUT2D eigenvalue weighted by molar-refractivity contribution is 0.518. The highest BCUT2D eigenvalue weighted by molar-refractivity contribution is 8.03. The first-order valence-corrected chi connectivity index (χ1v) is 16.2. The fourth-order valence-electron chi connectivity index (χ4n) is 6.59. The molecule has 1 unspecified atom stereocenters. The van der Waals surface area contributed by atoms with Crippen LogP contribution in [-0.4, -0.2) is 8.78 Å². The van der Waals surface area contributed by atoms with Crippen LogP contribution in [0, 0.1) is 0 Å². The lowest BCUT2D eigenvalue weighted by Gasteiger charge is -2.30. The van der Waals surface area contributed by atoms with Crippen molar-refractivity contribution in [1.29, 1.82) is 0 Å². The molecular formula is C40H37NOS. The van der Waals surface area contributed by atoms with Crippen molar-refractivity contribution in [2.24, 2.45) is 0 Å². The summed E-state index contributed by atoms with van der Waals surface area (Å²) in [7, 11) is -1.33. The minimum Gasteiger partial charge on any atom is -0.316 e. The zero-order valence-electron chi connectivity index (χ0n) is 25.7. The van der Waals surface area contributed by atoms with Crippen LogP contribution in [0.2, 0.25) is 0 Å². The summed E-state index contributed by atoms with van der Waals surface area (Å²) in [6.07, 6.45) is 4.13. The number of nitrogens with zero attached hydrogens (tertiary/aromatic N) is 1. The Morgan fingerprint density at radius 2 is 1.07 bits per heavy atom. The predicted octanol–water partition coefficient (Wildman–Crippen LogP) is 10.7. The molecular weight excluding hydrogens is 543 g/mol. The molecule has 0 spiro atoms. The van der Waals surface area contributed by atoms with Crippen LogP contribution < -0.4 is 0 Å². The van der Waals surface area contributed by atoms with E-state index < -0.39 is 10.8 Å². The first-order chi connectivity index (χ1) is 20.5. The molecule has 0 bridgehead atoms. The summed E-state index contributed by atoms with van der Waals surface area (Å²) in [4.78, 5) is 1.71. The van der Waals surface area contributed by atoms with Gasteiger partial charge in [-0.1, -0.05) is 120 Å². The van der Waals surface area contributed by atoms with E-state index in [1.54, 1.807) is 0 Å². The van der Waals surface area contributed by atoms with Gasteiger partial charge in [0.15, 0.2) is 0 Å². The third-order valence-corrected chi connectivity index (χ3v) is 10.1. The number of benzene rings is 5. The molecule has 2 heterocycles. The van der Waals surface area contributed by atoms with E-state index in [4.69, 9.17) is 0 Å². The summed E-state index contributed by atoms with van der Waals surface area (Å²) in [5, 5.41) is 6.96. The van der Waals surface area contributed by atoms with Crippen molar-refractivity contribution in [2.45, 2.75) is 52.4 Å². The first-order valence-electron chi connectivity index (χ1n) is 15.0. The highest BCUT2D eigenvalue weighted by Gasteiger charge is 2.31. The molecule has 1 aromatic heterocycles. The monoisotopic (exact) mass is 579 g/mol. The maximum absolute atomic E-state index is 14.5. The van der Waals surface area contributed by atoms with E-state index in [0.717, 1.165) is 42.5 Å². The van der Waals surface area contributed by atoms with Crippen LogP contribution in [0.4, 0.5) is 0 Å². The van der Waals surface area contributed by atoms with Crippen LogP contribution in [0.5, 0.6) is 0 Å². The lowest BCUT2D eigenvalue weighted by Crippen LogP contribution is -2.23. The second-order valence-electron chi connectivity index (χ2n) is 13.7. The summed E-state index contributed by atoms with van der Waals surface area (Å²) in [6, 6.07) is 36.6. The third kappa shape index (κ3) is 4.49. The molecule has 2 nitrogen and oxygen atoms in total. The molecule has 1 aliphatic rings. The molecule has 0 N–H and O–H groups in total. The lowest BCUT2D eigenvalue weighted by atomic mass is 9.88. The fourth-order valence-corrected chi connectivity index (χ4v) is 7.96. The van der Waals surface area contributed by atoms with Crippen molar-refractivity contribution in [2.75, 3.05) is 0 Å². The van der Waals surface area contributed by atoms with Crippen molar-refractivity contribution in [1.82, 2.24) is 4.57 Å². The highest BCUT2D eigenvalue weighted by atomic mass is 32.2. The molecule has 0 saturated heterocycles. The number of hydrogen-bond acceptors (Lipinski definition) is 1. The quantitative estimate of drug-likeness (QED) is 0.191. The highest BCUT2D eigenvalue weighted by Crippen LogP contribution is 2.47. The number of hydrogen-bond donors (Lipinski definition) is 0. The van der Waals surface area contributed by atoms with Crippen molar-refractivity contribution < 1.29 is 4.21 Å². The maximum Gasteiger partial charge on any atom is 0.0862 e. The van der Waals surface area contributed by atoms with E-state index >= 15 is 0 Å². The van der Waals surface area contributed by atoms with Gasteiger partial charge >= 0.3 is 0 Å². The maximum atomic E-state index is 14.5. The molecule has 1 atom stereocenters. The summed E-state index contributed by atoms with van der Waals surface area (Å²) in [5.74, 6) is 0. The Morgan fingerprint density at radius 3 is 1.67 bits per heavy atom. The predicted molar refractivity (Wildman–Crippen MR) is 186 cm³/mol. The van der Waals surface area contributed by atoms with E-state index in [1.807, 2.05) is 36.4 Å². The minimum atomic E-state index is -1.33. The fraction of sp³-hybridized carbons (Fsp3) is 0.200. The van der Waals surface area contributed by atoms with Gasteiger partial charge < -0.3 is 4.57 Å². The van der Waals surface area contributed by atoms with Gasteiger partial charge in [0.25, 0.3) is 0 Å². The Bertz CT molecular complexity index is 2110. The van der Waals surface area contributed by atoms with Gasteiger partial charge in [-0.15, -0.1) is 0 Å². The molecule has 3 heteroatoms. The van der Waals surface area contributed by atoms with E-state index in [-0.39, 0.29) is 10.8 Å². The largest absolute Gasteiger partial charge is 0.316 e. The van der Waals surface area contributed by atoms with Gasteiger partial charge in [0.1, 0.15) is 0 Å². The number of allylic oxidation sites excluding steroid dienone is 2. The Morgan fingerprint density at radius 1 is 0.558 bits per heavy atom. The first kappa shape index (κ1) is 27.6. The van der Waals surface area contributed by atoms with Crippen molar-refractivity contribution in [3.63, 3.8) is 0 Å². The number of aromatic nitrogens is 1. The Hall–Kier alpha value is -4.21. The molecule has 5 aromatic carbocycles. The summed E-state index contributed by atoms with van der Waals surface area (Å²) in [6.45, 7) is 13.7. The molecule has 214 valence electrons. The second kappa shape index (κ2) is 9.92. The minimum absolute atomic E-state index is 0.0960. The smallest absolute Gasteiger partial charge is 0.0862 e. The molecule has 0 aliphatic carbocycles. The number of fused-ring (bicyclic) bond motifs is 3. The molecule has 0 fully saturated rings. The van der Waals surface area contributed by atoms with Gasteiger partial charge in [0.2, 0.25) is 0 Å². The molecule has 0 saturated carbocycles. The van der Waals surface area contributed by atoms with Crippen molar-refractivity contribution >= 4 is 52.9 Å². The summed E-state index contributed by atoms with van der Waals surface area (Å²) < 4.78 is 17.0. The average Bonchev–Trinajstić information content (AvgIpc) is 3.60. The van der Waals surface area contributed by atoms with Crippen molar-refractivity contribution in [3.8, 4) is 5.69 Å². The molecule has 0 amide bonds. The second-order valence-corrected chi connectivity index (χ2v) is 15.1. The van der Waals surface area contributed by atoms with Gasteiger partial charge in [-0.3, -0.25) is 0 Å².